The highest BCUT2D eigenvalue weighted by Crippen LogP contribution is 2.38. The molecule has 1 amide bonds. The van der Waals surface area contributed by atoms with Crippen molar-refractivity contribution < 1.29 is 23.1 Å². The first-order valence-corrected chi connectivity index (χ1v) is 7.54. The summed E-state index contributed by atoms with van der Waals surface area (Å²) in [6.07, 6.45) is -2.81. The second-order valence-corrected chi connectivity index (χ2v) is 6.20. The van der Waals surface area contributed by atoms with E-state index in [1.807, 2.05) is 16.7 Å². The van der Waals surface area contributed by atoms with E-state index in [1.165, 1.54) is 0 Å². The summed E-state index contributed by atoms with van der Waals surface area (Å²) in [6, 6.07) is 0.272. The summed E-state index contributed by atoms with van der Waals surface area (Å²) in [5.74, 6) is 0.0802. The third kappa shape index (κ3) is 3.69. The van der Waals surface area contributed by atoms with E-state index in [9.17, 15) is 23.1 Å². The number of aliphatic hydroxyl groups is 1. The predicted octanol–water partition coefficient (Wildman–Crippen LogP) is 1.78. The fraction of sp³-hybridized carbons (Fsp3) is 0.929. The Kier molecular flexibility index (Phi) is 4.82. The van der Waals surface area contributed by atoms with Crippen molar-refractivity contribution in [3.63, 3.8) is 0 Å². The molecule has 0 aromatic heterocycles. The molecule has 0 saturated carbocycles. The average molecular weight is 308 g/mol. The number of halogens is 3. The first-order chi connectivity index (χ1) is 9.73. The second-order valence-electron chi connectivity index (χ2n) is 6.20. The maximum atomic E-state index is 12.7. The van der Waals surface area contributed by atoms with Gasteiger partial charge in [-0.3, -0.25) is 4.79 Å². The van der Waals surface area contributed by atoms with Crippen molar-refractivity contribution in [3.8, 4) is 0 Å². The summed E-state index contributed by atoms with van der Waals surface area (Å²) in [5, 5.41) is 9.58. The maximum Gasteiger partial charge on any atom is 0.417 e. The zero-order valence-electron chi connectivity index (χ0n) is 12.3. The van der Waals surface area contributed by atoms with E-state index in [2.05, 4.69) is 0 Å². The van der Waals surface area contributed by atoms with E-state index in [-0.39, 0.29) is 37.9 Å². The van der Waals surface area contributed by atoms with Crippen molar-refractivity contribution in [1.29, 1.82) is 0 Å². The van der Waals surface area contributed by atoms with Gasteiger partial charge in [0.1, 0.15) is 0 Å². The average Bonchev–Trinajstić information content (AvgIpc) is 2.83. The number of carbonyl (C=O) groups is 1. The topological polar surface area (TPSA) is 43.8 Å². The third-order valence-corrected chi connectivity index (χ3v) is 4.73. The number of hydrogen-bond acceptors (Lipinski definition) is 3. The summed E-state index contributed by atoms with van der Waals surface area (Å²) < 4.78 is 38.1. The van der Waals surface area contributed by atoms with Crippen molar-refractivity contribution in [2.24, 2.45) is 0 Å². The molecule has 2 heterocycles. The van der Waals surface area contributed by atoms with E-state index in [4.69, 9.17) is 0 Å². The van der Waals surface area contributed by atoms with Gasteiger partial charge in [-0.25, -0.2) is 0 Å². The Hall–Kier alpha value is -0.820. The number of carbonyl (C=O) groups excluding carboxylic acids is 1. The molecule has 1 N–H and O–H groups in total. The van der Waals surface area contributed by atoms with Crippen molar-refractivity contribution in [1.82, 2.24) is 9.80 Å². The predicted molar refractivity (Wildman–Crippen MR) is 71.7 cm³/mol. The molecule has 4 nitrogen and oxygen atoms in total. The summed E-state index contributed by atoms with van der Waals surface area (Å²) in [5.41, 5.74) is -2.56. The van der Waals surface area contributed by atoms with Crippen LogP contribution < -0.4 is 0 Å². The van der Waals surface area contributed by atoms with Crippen LogP contribution >= 0.6 is 0 Å². The van der Waals surface area contributed by atoms with Crippen LogP contribution in [0.1, 0.15) is 39.0 Å². The van der Waals surface area contributed by atoms with E-state index < -0.39 is 11.8 Å². The molecule has 2 rings (SSSR count). The normalized spacial score (nSPS) is 27.1. The first kappa shape index (κ1) is 16.5. The molecule has 2 fully saturated rings. The zero-order valence-corrected chi connectivity index (χ0v) is 12.3. The summed E-state index contributed by atoms with van der Waals surface area (Å²) in [6.45, 7) is 3.64. The Labute approximate surface area is 122 Å². The number of rotatable bonds is 3. The Balaban J connectivity index is 1.75. The highest BCUT2D eigenvalue weighted by Gasteiger charge is 2.54. The van der Waals surface area contributed by atoms with Gasteiger partial charge in [0.2, 0.25) is 5.91 Å². The SMILES string of the molecule is CC1CCCN1C(=O)CCN1CCC(O)(C(F)(F)F)CC1. The zero-order chi connectivity index (χ0) is 15.7. The van der Waals surface area contributed by atoms with E-state index >= 15 is 0 Å². The van der Waals surface area contributed by atoms with Gasteiger partial charge in [0.05, 0.1) is 0 Å². The molecule has 0 spiro atoms. The van der Waals surface area contributed by atoms with Gasteiger partial charge in [-0.15, -0.1) is 0 Å². The van der Waals surface area contributed by atoms with Gasteiger partial charge in [-0.05, 0) is 32.6 Å². The molecule has 1 atom stereocenters. The fourth-order valence-electron chi connectivity index (χ4n) is 3.13. The number of nitrogens with zero attached hydrogens (tertiary/aromatic N) is 2. The molecule has 0 bridgehead atoms. The van der Waals surface area contributed by atoms with Gasteiger partial charge in [0, 0.05) is 38.6 Å². The second kappa shape index (κ2) is 6.12. The smallest absolute Gasteiger partial charge is 0.380 e. The Morgan fingerprint density at radius 2 is 1.90 bits per heavy atom. The molecule has 0 aliphatic carbocycles. The van der Waals surface area contributed by atoms with Crippen molar-refractivity contribution in [2.45, 2.75) is 56.8 Å². The van der Waals surface area contributed by atoms with Gasteiger partial charge in [0.15, 0.2) is 5.60 Å². The van der Waals surface area contributed by atoms with Crippen molar-refractivity contribution in [3.05, 3.63) is 0 Å². The summed E-state index contributed by atoms with van der Waals surface area (Å²) in [7, 11) is 0. The minimum absolute atomic E-state index is 0.0802. The van der Waals surface area contributed by atoms with Crippen LogP contribution in [-0.2, 0) is 4.79 Å². The lowest BCUT2D eigenvalue weighted by molar-refractivity contribution is -0.272. The number of likely N-dealkylation sites (tertiary alicyclic amines) is 2. The molecule has 0 aromatic rings. The maximum absolute atomic E-state index is 12.7. The number of amides is 1. The third-order valence-electron chi connectivity index (χ3n) is 4.73. The van der Waals surface area contributed by atoms with Crippen LogP contribution in [0.15, 0.2) is 0 Å². The lowest BCUT2D eigenvalue weighted by Crippen LogP contribution is -2.53. The molecule has 0 radical (unpaired) electrons. The quantitative estimate of drug-likeness (QED) is 0.864. The Morgan fingerprint density at radius 3 is 2.38 bits per heavy atom. The molecule has 122 valence electrons. The van der Waals surface area contributed by atoms with Crippen LogP contribution in [0, 0.1) is 0 Å². The molecular formula is C14H23F3N2O2. The molecule has 2 aliphatic heterocycles. The van der Waals surface area contributed by atoms with E-state index in [1.54, 1.807) is 0 Å². The number of piperidine rings is 1. The lowest BCUT2D eigenvalue weighted by atomic mass is 9.91. The highest BCUT2D eigenvalue weighted by molar-refractivity contribution is 5.77. The molecule has 2 aliphatic rings. The van der Waals surface area contributed by atoms with Crippen molar-refractivity contribution >= 4 is 5.91 Å². The molecule has 21 heavy (non-hydrogen) atoms. The van der Waals surface area contributed by atoms with Gasteiger partial charge < -0.3 is 14.9 Å². The first-order valence-electron chi connectivity index (χ1n) is 7.54. The van der Waals surface area contributed by atoms with E-state index in [0.29, 0.717) is 13.0 Å². The fourth-order valence-corrected chi connectivity index (χ4v) is 3.13. The molecule has 2 saturated heterocycles. The van der Waals surface area contributed by atoms with E-state index in [0.717, 1.165) is 19.4 Å². The minimum Gasteiger partial charge on any atom is -0.380 e. The Morgan fingerprint density at radius 1 is 1.29 bits per heavy atom. The van der Waals surface area contributed by atoms with Gasteiger partial charge in [-0.2, -0.15) is 13.2 Å². The summed E-state index contributed by atoms with van der Waals surface area (Å²) in [4.78, 5) is 15.7. The summed E-state index contributed by atoms with van der Waals surface area (Å²) >= 11 is 0. The van der Waals surface area contributed by atoms with Gasteiger partial charge in [-0.1, -0.05) is 0 Å². The van der Waals surface area contributed by atoms with Crippen LogP contribution in [0.5, 0.6) is 0 Å². The molecule has 7 heteroatoms. The van der Waals surface area contributed by atoms with Crippen LogP contribution in [-0.4, -0.2) is 64.8 Å². The monoisotopic (exact) mass is 308 g/mol. The van der Waals surface area contributed by atoms with Crippen LogP contribution in [0.2, 0.25) is 0 Å². The van der Waals surface area contributed by atoms with Gasteiger partial charge >= 0.3 is 6.18 Å². The van der Waals surface area contributed by atoms with Gasteiger partial charge in [0.25, 0.3) is 0 Å². The number of alkyl halides is 3. The Bertz CT molecular complexity index is 379. The van der Waals surface area contributed by atoms with Crippen LogP contribution in [0.3, 0.4) is 0 Å². The number of hydrogen-bond donors (Lipinski definition) is 1. The van der Waals surface area contributed by atoms with Crippen LogP contribution in [0.4, 0.5) is 13.2 Å². The molecular weight excluding hydrogens is 285 g/mol. The molecule has 1 unspecified atom stereocenters. The minimum atomic E-state index is -4.57. The van der Waals surface area contributed by atoms with Crippen molar-refractivity contribution in [2.75, 3.05) is 26.2 Å². The largest absolute Gasteiger partial charge is 0.417 e. The highest BCUT2D eigenvalue weighted by atomic mass is 19.4. The van der Waals surface area contributed by atoms with Crippen LogP contribution in [0.25, 0.3) is 0 Å². The standard InChI is InChI=1S/C14H23F3N2O2/c1-11-3-2-7-19(11)12(20)4-8-18-9-5-13(21,6-10-18)14(15,16)17/h11,21H,2-10H2,1H3. The lowest BCUT2D eigenvalue weighted by Gasteiger charge is -2.39. The molecule has 0 aromatic carbocycles.